The lowest BCUT2D eigenvalue weighted by atomic mass is 10.1. The van der Waals surface area contributed by atoms with Crippen molar-refractivity contribution in [3.8, 4) is 11.3 Å². The molecule has 0 atom stereocenters. The summed E-state index contributed by atoms with van der Waals surface area (Å²) in [4.78, 5) is 14.6. The molecule has 0 amide bonds. The summed E-state index contributed by atoms with van der Waals surface area (Å²) >= 11 is 19.3. The van der Waals surface area contributed by atoms with Gasteiger partial charge in [-0.3, -0.25) is 4.79 Å². The Morgan fingerprint density at radius 2 is 1.95 bits per heavy atom. The fourth-order valence-electron chi connectivity index (χ4n) is 2.03. The molecule has 0 bridgehead atoms. The lowest BCUT2D eigenvalue weighted by Crippen LogP contribution is -1.82. The minimum Gasteiger partial charge on any atom is -0.354 e. The highest BCUT2D eigenvalue weighted by molar-refractivity contribution is 7.20. The highest BCUT2D eigenvalue weighted by atomic mass is 35.5. The Balaban J connectivity index is 2.35. The van der Waals surface area contributed by atoms with E-state index in [-0.39, 0.29) is 0 Å². The van der Waals surface area contributed by atoms with Crippen molar-refractivity contribution >= 4 is 63.3 Å². The van der Waals surface area contributed by atoms with Crippen molar-refractivity contribution in [3.63, 3.8) is 0 Å². The first-order chi connectivity index (χ1) is 9.10. The molecule has 6 heteroatoms. The molecule has 1 aromatic carbocycles. The summed E-state index contributed by atoms with van der Waals surface area (Å²) in [6, 6.07) is 7.09. The Kier molecular flexibility index (Phi) is 3.31. The van der Waals surface area contributed by atoms with Gasteiger partial charge in [-0.25, -0.2) is 0 Å². The molecule has 0 radical (unpaired) electrons. The van der Waals surface area contributed by atoms with E-state index in [2.05, 4.69) is 4.98 Å². The summed E-state index contributed by atoms with van der Waals surface area (Å²) in [5, 5.41) is 1.35. The van der Waals surface area contributed by atoms with Gasteiger partial charge >= 0.3 is 0 Å². The third-order valence-corrected chi connectivity index (χ3v) is 4.57. The summed E-state index contributed by atoms with van der Waals surface area (Å²) in [6.45, 7) is 0. The molecule has 0 aliphatic carbocycles. The Morgan fingerprint density at radius 3 is 2.58 bits per heavy atom. The summed E-state index contributed by atoms with van der Waals surface area (Å²) < 4.78 is 1.12. The molecule has 0 saturated heterocycles. The highest BCUT2D eigenvalue weighted by Gasteiger charge is 2.17. The number of aldehydes is 1. The van der Waals surface area contributed by atoms with E-state index >= 15 is 0 Å². The average Bonchev–Trinajstić information content (AvgIpc) is 2.88. The molecular weight excluding hydrogens is 325 g/mol. The van der Waals surface area contributed by atoms with Gasteiger partial charge in [0.05, 0.1) is 10.0 Å². The normalized spacial score (nSPS) is 11.1. The Morgan fingerprint density at radius 1 is 1.16 bits per heavy atom. The van der Waals surface area contributed by atoms with Crippen LogP contribution < -0.4 is 0 Å². The van der Waals surface area contributed by atoms with Gasteiger partial charge in [-0.2, -0.15) is 0 Å². The Labute approximate surface area is 127 Å². The zero-order chi connectivity index (χ0) is 13.6. The van der Waals surface area contributed by atoms with Crippen molar-refractivity contribution in [2.24, 2.45) is 0 Å². The van der Waals surface area contributed by atoms with Gasteiger partial charge in [0.1, 0.15) is 4.34 Å². The monoisotopic (exact) mass is 329 g/mol. The van der Waals surface area contributed by atoms with Crippen LogP contribution in [0.5, 0.6) is 0 Å². The smallest absolute Gasteiger partial charge is 0.152 e. The topological polar surface area (TPSA) is 32.9 Å². The van der Waals surface area contributed by atoms with Gasteiger partial charge < -0.3 is 4.98 Å². The van der Waals surface area contributed by atoms with Crippen LogP contribution in [0.2, 0.25) is 13.7 Å². The molecule has 0 spiro atoms. The standard InChI is InChI=1S/C13H6Cl3NOS/c14-6-1-2-10-7(3-6)9(5-18)12(17-10)8-4-11(15)19-13(8)16/h1-5,17H. The molecule has 2 aromatic heterocycles. The van der Waals surface area contributed by atoms with Crippen molar-refractivity contribution in [3.05, 3.63) is 43.5 Å². The lowest BCUT2D eigenvalue weighted by Gasteiger charge is -1.96. The number of hydrogen-bond acceptors (Lipinski definition) is 2. The van der Waals surface area contributed by atoms with Gasteiger partial charge in [-0.1, -0.05) is 34.8 Å². The van der Waals surface area contributed by atoms with E-state index in [1.54, 1.807) is 18.2 Å². The maximum absolute atomic E-state index is 11.4. The number of hydrogen-bond donors (Lipinski definition) is 1. The molecule has 0 fully saturated rings. The number of carbonyl (C=O) groups is 1. The fraction of sp³-hybridized carbons (Fsp3) is 0. The predicted molar refractivity (Wildman–Crippen MR) is 82.0 cm³/mol. The number of aromatic amines is 1. The van der Waals surface area contributed by atoms with E-state index in [1.165, 1.54) is 11.3 Å². The zero-order valence-corrected chi connectivity index (χ0v) is 12.4. The van der Waals surface area contributed by atoms with Crippen molar-refractivity contribution in [1.82, 2.24) is 4.98 Å². The van der Waals surface area contributed by atoms with Crippen molar-refractivity contribution in [2.75, 3.05) is 0 Å². The summed E-state index contributed by atoms with van der Waals surface area (Å²) in [7, 11) is 0. The van der Waals surface area contributed by atoms with E-state index in [0.717, 1.165) is 22.8 Å². The van der Waals surface area contributed by atoms with Crippen molar-refractivity contribution < 1.29 is 4.79 Å². The number of nitrogens with one attached hydrogen (secondary N) is 1. The van der Waals surface area contributed by atoms with Crippen LogP contribution in [0.1, 0.15) is 10.4 Å². The first-order valence-corrected chi connectivity index (χ1v) is 7.27. The molecule has 2 nitrogen and oxygen atoms in total. The second kappa shape index (κ2) is 4.84. The van der Waals surface area contributed by atoms with Gasteiger partial charge in [-0.05, 0) is 24.3 Å². The van der Waals surface area contributed by atoms with Gasteiger partial charge in [0.25, 0.3) is 0 Å². The van der Waals surface area contributed by atoms with E-state index in [4.69, 9.17) is 34.8 Å². The average molecular weight is 331 g/mol. The third kappa shape index (κ3) is 2.17. The summed E-state index contributed by atoms with van der Waals surface area (Å²) in [5.41, 5.74) is 2.76. The zero-order valence-electron chi connectivity index (χ0n) is 9.34. The van der Waals surface area contributed by atoms with Crippen LogP contribution in [0.15, 0.2) is 24.3 Å². The van der Waals surface area contributed by atoms with Crippen LogP contribution in [0.4, 0.5) is 0 Å². The van der Waals surface area contributed by atoms with Gasteiger partial charge in [0.15, 0.2) is 6.29 Å². The van der Waals surface area contributed by atoms with E-state index in [0.29, 0.717) is 25.0 Å². The first kappa shape index (κ1) is 13.0. The summed E-state index contributed by atoms with van der Waals surface area (Å²) in [5.74, 6) is 0. The predicted octanol–water partition coefficient (Wildman–Crippen LogP) is 5.67. The second-order valence-electron chi connectivity index (χ2n) is 3.96. The van der Waals surface area contributed by atoms with Crippen LogP contribution >= 0.6 is 46.1 Å². The van der Waals surface area contributed by atoms with E-state index in [9.17, 15) is 4.79 Å². The van der Waals surface area contributed by atoms with Crippen molar-refractivity contribution in [2.45, 2.75) is 0 Å². The Hall–Kier alpha value is -1.00. The van der Waals surface area contributed by atoms with Gasteiger partial charge in [0, 0.05) is 27.1 Å². The largest absolute Gasteiger partial charge is 0.354 e. The highest BCUT2D eigenvalue weighted by Crippen LogP contribution is 2.40. The minimum absolute atomic E-state index is 0.536. The van der Waals surface area contributed by atoms with Crippen LogP contribution in [-0.4, -0.2) is 11.3 Å². The van der Waals surface area contributed by atoms with Crippen molar-refractivity contribution in [1.29, 1.82) is 0 Å². The number of fused-ring (bicyclic) bond motifs is 1. The third-order valence-electron chi connectivity index (χ3n) is 2.84. The SMILES string of the molecule is O=Cc1c(-c2cc(Cl)sc2Cl)[nH]c2ccc(Cl)cc12. The number of thiophene rings is 1. The number of carbonyl (C=O) groups excluding carboxylic acids is 1. The fourth-order valence-corrected chi connectivity index (χ4v) is 3.68. The molecule has 19 heavy (non-hydrogen) atoms. The molecule has 2 heterocycles. The number of halogens is 3. The first-order valence-electron chi connectivity index (χ1n) is 5.31. The molecule has 0 saturated carbocycles. The molecule has 3 rings (SSSR count). The molecule has 3 aromatic rings. The molecule has 0 unspecified atom stereocenters. The Bertz CT molecular complexity index is 791. The second-order valence-corrected chi connectivity index (χ2v) is 6.68. The number of aromatic nitrogens is 1. The molecule has 96 valence electrons. The summed E-state index contributed by atoms with van der Waals surface area (Å²) in [6.07, 6.45) is 0.798. The molecule has 0 aliphatic heterocycles. The van der Waals surface area contributed by atoms with Crippen LogP contribution in [-0.2, 0) is 0 Å². The van der Waals surface area contributed by atoms with E-state index in [1.807, 2.05) is 6.07 Å². The van der Waals surface area contributed by atoms with Crippen LogP contribution in [0.3, 0.4) is 0 Å². The molecular formula is C13H6Cl3NOS. The van der Waals surface area contributed by atoms with Crippen LogP contribution in [0, 0.1) is 0 Å². The molecule has 0 aliphatic rings. The number of benzene rings is 1. The maximum Gasteiger partial charge on any atom is 0.152 e. The van der Waals surface area contributed by atoms with Gasteiger partial charge in [-0.15, -0.1) is 11.3 Å². The quantitative estimate of drug-likeness (QED) is 0.603. The number of rotatable bonds is 2. The van der Waals surface area contributed by atoms with E-state index < -0.39 is 0 Å². The van der Waals surface area contributed by atoms with Crippen LogP contribution in [0.25, 0.3) is 22.2 Å². The lowest BCUT2D eigenvalue weighted by molar-refractivity contribution is 0.112. The minimum atomic E-state index is 0.536. The number of H-pyrrole nitrogens is 1. The maximum atomic E-state index is 11.4. The molecule has 1 N–H and O–H groups in total. The van der Waals surface area contributed by atoms with Gasteiger partial charge in [0.2, 0.25) is 0 Å².